The fourth-order valence-electron chi connectivity index (χ4n) is 4.18. The molecule has 188 valence electrons. The number of methoxy groups -OCH3 is 1. The first-order valence-corrected chi connectivity index (χ1v) is 11.6. The minimum atomic E-state index is -2.94. The molecule has 2 aliphatic rings. The van der Waals surface area contributed by atoms with Crippen LogP contribution < -0.4 is 14.8 Å². The van der Waals surface area contributed by atoms with E-state index in [2.05, 4.69) is 26.3 Å². The van der Waals surface area contributed by atoms with E-state index in [-0.39, 0.29) is 34.8 Å². The Kier molecular flexibility index (Phi) is 6.30. The number of halogens is 3. The zero-order valence-electron chi connectivity index (χ0n) is 19.7. The molecule has 36 heavy (non-hydrogen) atoms. The summed E-state index contributed by atoms with van der Waals surface area (Å²) in [5.74, 6) is -0.192. The highest BCUT2D eigenvalue weighted by atomic mass is 19.3. The van der Waals surface area contributed by atoms with E-state index in [0.717, 1.165) is 6.07 Å². The van der Waals surface area contributed by atoms with Gasteiger partial charge in [0.25, 0.3) is 6.43 Å². The molecule has 1 saturated heterocycles. The molecular formula is C25H24F3N5O3. The summed E-state index contributed by atoms with van der Waals surface area (Å²) in [6.45, 7) is 3.16. The lowest BCUT2D eigenvalue weighted by atomic mass is 9.97. The predicted octanol–water partition coefficient (Wildman–Crippen LogP) is 4.86. The van der Waals surface area contributed by atoms with Gasteiger partial charge in [0.2, 0.25) is 5.88 Å². The quantitative estimate of drug-likeness (QED) is 0.445. The summed E-state index contributed by atoms with van der Waals surface area (Å²) in [7, 11) is 1.47. The third-order valence-electron chi connectivity index (χ3n) is 6.57. The Labute approximate surface area is 205 Å². The lowest BCUT2D eigenvalue weighted by Gasteiger charge is -2.25. The third kappa shape index (κ3) is 4.37. The van der Waals surface area contributed by atoms with E-state index >= 15 is 0 Å². The summed E-state index contributed by atoms with van der Waals surface area (Å²) in [5.41, 5.74) is -0.432. The van der Waals surface area contributed by atoms with Gasteiger partial charge in [0.05, 0.1) is 55.4 Å². The number of hydrogen-bond donors (Lipinski definition) is 1. The van der Waals surface area contributed by atoms with Crippen molar-refractivity contribution in [2.24, 2.45) is 5.92 Å². The van der Waals surface area contributed by atoms with Crippen molar-refractivity contribution in [3.63, 3.8) is 0 Å². The van der Waals surface area contributed by atoms with Crippen LogP contribution in [0.3, 0.4) is 0 Å². The Balaban J connectivity index is 1.57. The monoisotopic (exact) mass is 499 g/mol. The number of anilines is 1. The molecule has 1 aliphatic carbocycles. The summed E-state index contributed by atoms with van der Waals surface area (Å²) < 4.78 is 57.8. The van der Waals surface area contributed by atoms with Crippen molar-refractivity contribution in [1.82, 2.24) is 15.0 Å². The third-order valence-corrected chi connectivity index (χ3v) is 6.57. The molecule has 0 unspecified atom stereocenters. The second-order valence-electron chi connectivity index (χ2n) is 9.10. The maximum absolute atomic E-state index is 14.8. The number of nitrogens with one attached hydrogen (secondary N) is 1. The van der Waals surface area contributed by atoms with Crippen LogP contribution in [0.1, 0.15) is 48.9 Å². The Hall–Kier alpha value is -3.65. The molecule has 3 aromatic rings. The predicted molar refractivity (Wildman–Crippen MR) is 124 cm³/mol. The van der Waals surface area contributed by atoms with Gasteiger partial charge in [-0.15, -0.1) is 0 Å². The zero-order chi connectivity index (χ0) is 25.4. The SMILES string of the molecule is COc1nc2nc(OCC3COC3)nc(N[C@H](C)c3cccc(C(F)F)c3F)c2cc1C1(C#N)CC1. The van der Waals surface area contributed by atoms with Crippen molar-refractivity contribution in [3.05, 3.63) is 46.8 Å². The lowest BCUT2D eigenvalue weighted by molar-refractivity contribution is -0.0520. The highest BCUT2D eigenvalue weighted by molar-refractivity contribution is 5.88. The summed E-state index contributed by atoms with van der Waals surface area (Å²) >= 11 is 0. The molecule has 1 aliphatic heterocycles. The van der Waals surface area contributed by atoms with Crippen LogP contribution in [0.15, 0.2) is 24.3 Å². The smallest absolute Gasteiger partial charge is 0.320 e. The number of fused-ring (bicyclic) bond motifs is 1. The molecule has 0 spiro atoms. The van der Waals surface area contributed by atoms with E-state index in [1.54, 1.807) is 13.0 Å². The highest BCUT2D eigenvalue weighted by Gasteiger charge is 2.47. The van der Waals surface area contributed by atoms with Crippen LogP contribution in [0, 0.1) is 23.1 Å². The van der Waals surface area contributed by atoms with Gasteiger partial charge in [-0.05, 0) is 25.8 Å². The number of ether oxygens (including phenoxy) is 3. The molecule has 5 rings (SSSR count). The first-order valence-electron chi connectivity index (χ1n) is 11.6. The van der Waals surface area contributed by atoms with Crippen LogP contribution in [-0.4, -0.2) is 41.9 Å². The molecule has 8 nitrogen and oxygen atoms in total. The second kappa shape index (κ2) is 9.43. The van der Waals surface area contributed by atoms with Crippen molar-refractivity contribution in [2.45, 2.75) is 37.6 Å². The first kappa shape index (κ1) is 24.1. The summed E-state index contributed by atoms with van der Waals surface area (Å²) in [6, 6.07) is 7.30. The second-order valence-corrected chi connectivity index (χ2v) is 9.10. The van der Waals surface area contributed by atoms with Crippen LogP contribution >= 0.6 is 0 Å². The van der Waals surface area contributed by atoms with Crippen molar-refractivity contribution in [3.8, 4) is 18.0 Å². The van der Waals surface area contributed by atoms with Crippen LogP contribution in [0.2, 0.25) is 0 Å². The van der Waals surface area contributed by atoms with Gasteiger partial charge >= 0.3 is 6.01 Å². The number of aromatic nitrogens is 3. The van der Waals surface area contributed by atoms with E-state index in [1.807, 2.05) is 0 Å². The topological polar surface area (TPSA) is 102 Å². The average molecular weight is 499 g/mol. The maximum atomic E-state index is 14.8. The van der Waals surface area contributed by atoms with Crippen LogP contribution in [0.5, 0.6) is 11.9 Å². The summed E-state index contributed by atoms with van der Waals surface area (Å²) in [4.78, 5) is 13.4. The molecular weight excluding hydrogens is 475 g/mol. The van der Waals surface area contributed by atoms with Crippen LogP contribution in [-0.2, 0) is 10.2 Å². The van der Waals surface area contributed by atoms with Crippen molar-refractivity contribution in [2.75, 3.05) is 32.2 Å². The minimum absolute atomic E-state index is 0.0506. The van der Waals surface area contributed by atoms with E-state index in [4.69, 9.17) is 14.2 Å². The largest absolute Gasteiger partial charge is 0.481 e. The maximum Gasteiger partial charge on any atom is 0.320 e. The van der Waals surface area contributed by atoms with Crippen LogP contribution in [0.4, 0.5) is 19.0 Å². The number of pyridine rings is 1. The fourth-order valence-corrected chi connectivity index (χ4v) is 4.18. The molecule has 1 atom stereocenters. The average Bonchev–Trinajstić information content (AvgIpc) is 3.63. The standard InChI is InChI=1S/C25H24F3N5O3/c1-13(15-4-3-5-16(19(15)26)20(27)28)30-21-17-8-18(25(12-29)6-7-25)23(34-2)31-22(17)33-24(32-21)36-11-14-9-35-10-14/h3-5,8,13-14,20H,6-7,9-11H2,1-2H3,(H,30,31,32,33)/t13-/m1/s1. The molecule has 3 heterocycles. The molecule has 11 heteroatoms. The van der Waals surface area contributed by atoms with Gasteiger partial charge in [0, 0.05) is 17.0 Å². The number of benzene rings is 1. The van der Waals surface area contributed by atoms with Gasteiger partial charge in [0.15, 0.2) is 5.65 Å². The number of nitrogens with zero attached hydrogens (tertiary/aromatic N) is 4. The molecule has 2 fully saturated rings. The van der Waals surface area contributed by atoms with Gasteiger partial charge < -0.3 is 19.5 Å². The zero-order valence-corrected chi connectivity index (χ0v) is 19.7. The minimum Gasteiger partial charge on any atom is -0.481 e. The molecule has 2 aromatic heterocycles. The molecule has 0 radical (unpaired) electrons. The summed E-state index contributed by atoms with van der Waals surface area (Å²) in [5, 5.41) is 13.3. The normalized spacial score (nSPS) is 17.4. The van der Waals surface area contributed by atoms with Gasteiger partial charge in [-0.25, -0.2) is 13.2 Å². The molecule has 1 aromatic carbocycles. The Morgan fingerprint density at radius 2 is 1.97 bits per heavy atom. The lowest BCUT2D eigenvalue weighted by Crippen LogP contribution is -2.32. The van der Waals surface area contributed by atoms with Gasteiger partial charge in [0.1, 0.15) is 11.6 Å². The molecule has 0 amide bonds. The highest BCUT2D eigenvalue weighted by Crippen LogP contribution is 2.51. The van der Waals surface area contributed by atoms with E-state index in [1.165, 1.54) is 19.2 Å². The van der Waals surface area contributed by atoms with Gasteiger partial charge in [-0.2, -0.15) is 20.2 Å². The first-order chi connectivity index (χ1) is 17.3. The van der Waals surface area contributed by atoms with Crippen molar-refractivity contribution in [1.29, 1.82) is 5.26 Å². The molecule has 1 saturated carbocycles. The number of rotatable bonds is 9. The molecule has 0 bridgehead atoms. The van der Waals surface area contributed by atoms with E-state index < -0.39 is 29.3 Å². The van der Waals surface area contributed by atoms with Crippen LogP contribution in [0.25, 0.3) is 11.0 Å². The Morgan fingerprint density at radius 3 is 2.58 bits per heavy atom. The number of alkyl halides is 2. The Morgan fingerprint density at radius 1 is 1.22 bits per heavy atom. The fraction of sp³-hybridized carbons (Fsp3) is 0.440. The van der Waals surface area contributed by atoms with E-state index in [0.29, 0.717) is 43.6 Å². The number of nitriles is 1. The number of hydrogen-bond acceptors (Lipinski definition) is 8. The van der Waals surface area contributed by atoms with Gasteiger partial charge in [-0.3, -0.25) is 0 Å². The molecule has 1 N–H and O–H groups in total. The van der Waals surface area contributed by atoms with Crippen molar-refractivity contribution >= 4 is 16.9 Å². The van der Waals surface area contributed by atoms with E-state index in [9.17, 15) is 18.4 Å². The van der Waals surface area contributed by atoms with Crippen molar-refractivity contribution < 1.29 is 27.4 Å². The Bertz CT molecular complexity index is 1340. The summed E-state index contributed by atoms with van der Waals surface area (Å²) in [6.07, 6.45) is -1.60. The van der Waals surface area contributed by atoms with Gasteiger partial charge in [-0.1, -0.05) is 18.2 Å².